The summed E-state index contributed by atoms with van der Waals surface area (Å²) in [5.41, 5.74) is 3.08. The van der Waals surface area contributed by atoms with Gasteiger partial charge in [-0.05, 0) is 11.1 Å². The lowest BCUT2D eigenvalue weighted by molar-refractivity contribution is 0.165. The van der Waals surface area contributed by atoms with Gasteiger partial charge in [0.25, 0.3) is 0 Å². The summed E-state index contributed by atoms with van der Waals surface area (Å²) in [5, 5.41) is 18.7. The van der Waals surface area contributed by atoms with Crippen LogP contribution in [0, 0.1) is 0 Å². The maximum atomic E-state index is 10.3. The van der Waals surface area contributed by atoms with Gasteiger partial charge in [0.05, 0.1) is 23.7 Å². The summed E-state index contributed by atoms with van der Waals surface area (Å²) in [7, 11) is 1.85. The van der Waals surface area contributed by atoms with Gasteiger partial charge in [-0.1, -0.05) is 24.3 Å². The number of hydrogen-bond donors (Lipinski definition) is 2. The molecule has 2 N–H and O–H groups in total. The van der Waals surface area contributed by atoms with Gasteiger partial charge >= 0.3 is 0 Å². The van der Waals surface area contributed by atoms with Gasteiger partial charge in [-0.3, -0.25) is 4.68 Å². The maximum Gasteiger partial charge on any atom is 0.163 e. The number of rotatable bonds is 2. The van der Waals surface area contributed by atoms with Crippen LogP contribution in [0.4, 0.5) is 5.82 Å². The van der Waals surface area contributed by atoms with Gasteiger partial charge in [0, 0.05) is 13.5 Å². The number of nitrogens with zero attached hydrogens (tertiary/aromatic N) is 4. The van der Waals surface area contributed by atoms with E-state index in [0.717, 1.165) is 16.6 Å². The highest BCUT2D eigenvalue weighted by molar-refractivity contribution is 5.86. The fourth-order valence-corrected chi connectivity index (χ4v) is 2.97. The lowest BCUT2D eigenvalue weighted by atomic mass is 10.1. The largest absolute Gasteiger partial charge is 0.390 e. The Kier molecular flexibility index (Phi) is 2.65. The average Bonchev–Trinajstić information content (AvgIpc) is 3.02. The predicted molar refractivity (Wildman–Crippen MR) is 78.8 cm³/mol. The molecule has 6 heteroatoms. The Morgan fingerprint density at radius 3 is 3.05 bits per heavy atom. The van der Waals surface area contributed by atoms with E-state index in [-0.39, 0.29) is 6.04 Å². The summed E-state index contributed by atoms with van der Waals surface area (Å²) in [6, 6.07) is 7.94. The molecule has 0 saturated carbocycles. The number of nitrogens with one attached hydrogen (secondary N) is 1. The van der Waals surface area contributed by atoms with E-state index in [0.29, 0.717) is 12.2 Å². The Hall–Kier alpha value is -2.47. The maximum absolute atomic E-state index is 10.3. The zero-order chi connectivity index (χ0) is 14.4. The molecule has 1 aliphatic carbocycles. The Morgan fingerprint density at radius 1 is 1.29 bits per heavy atom. The van der Waals surface area contributed by atoms with Crippen LogP contribution in [-0.4, -0.2) is 31.0 Å². The van der Waals surface area contributed by atoms with Gasteiger partial charge in [0.1, 0.15) is 12.1 Å². The molecule has 0 saturated heterocycles. The minimum atomic E-state index is -0.455. The van der Waals surface area contributed by atoms with E-state index in [1.165, 1.54) is 11.9 Å². The molecule has 106 valence electrons. The lowest BCUT2D eigenvalue weighted by Gasteiger charge is -2.18. The quantitative estimate of drug-likeness (QED) is 0.743. The van der Waals surface area contributed by atoms with Crippen molar-refractivity contribution in [1.82, 2.24) is 19.7 Å². The van der Waals surface area contributed by atoms with Crippen molar-refractivity contribution in [3.63, 3.8) is 0 Å². The minimum absolute atomic E-state index is 0.153. The highest BCUT2D eigenvalue weighted by Crippen LogP contribution is 2.34. The van der Waals surface area contributed by atoms with Crippen molar-refractivity contribution in [2.75, 3.05) is 5.32 Å². The van der Waals surface area contributed by atoms with E-state index in [2.05, 4.69) is 26.4 Å². The smallest absolute Gasteiger partial charge is 0.163 e. The fraction of sp³-hybridized carbons (Fsp3) is 0.267. The molecule has 0 aliphatic heterocycles. The van der Waals surface area contributed by atoms with Crippen molar-refractivity contribution in [3.05, 3.63) is 47.9 Å². The average molecular weight is 281 g/mol. The number of aryl methyl sites for hydroxylation is 1. The van der Waals surface area contributed by atoms with E-state index in [9.17, 15) is 5.11 Å². The number of fused-ring (bicyclic) bond motifs is 2. The van der Waals surface area contributed by atoms with Crippen LogP contribution in [0.2, 0.25) is 0 Å². The summed E-state index contributed by atoms with van der Waals surface area (Å²) in [4.78, 5) is 8.53. The van der Waals surface area contributed by atoms with Crippen molar-refractivity contribution in [3.8, 4) is 0 Å². The molecule has 1 aromatic carbocycles. The van der Waals surface area contributed by atoms with E-state index < -0.39 is 6.10 Å². The Morgan fingerprint density at radius 2 is 2.14 bits per heavy atom. The molecule has 0 amide bonds. The minimum Gasteiger partial charge on any atom is -0.390 e. The molecule has 6 nitrogen and oxygen atoms in total. The number of hydrogen-bond acceptors (Lipinski definition) is 5. The van der Waals surface area contributed by atoms with E-state index >= 15 is 0 Å². The Labute approximate surface area is 121 Å². The molecule has 0 unspecified atom stereocenters. The van der Waals surface area contributed by atoms with Crippen molar-refractivity contribution in [2.45, 2.75) is 18.6 Å². The van der Waals surface area contributed by atoms with Crippen LogP contribution in [-0.2, 0) is 13.5 Å². The number of aliphatic hydroxyl groups is 1. The number of aromatic nitrogens is 4. The molecule has 1 aliphatic rings. The van der Waals surface area contributed by atoms with Crippen LogP contribution in [0.3, 0.4) is 0 Å². The van der Waals surface area contributed by atoms with Crippen molar-refractivity contribution in [1.29, 1.82) is 0 Å². The molecular weight excluding hydrogens is 266 g/mol. The van der Waals surface area contributed by atoms with Crippen molar-refractivity contribution >= 4 is 16.9 Å². The summed E-state index contributed by atoms with van der Waals surface area (Å²) in [5.74, 6) is 0.703. The number of anilines is 1. The first-order chi connectivity index (χ1) is 10.2. The summed E-state index contributed by atoms with van der Waals surface area (Å²) in [6.07, 6.45) is 3.46. The first kappa shape index (κ1) is 12.3. The third-order valence-electron chi connectivity index (χ3n) is 4.03. The van der Waals surface area contributed by atoms with E-state index in [1.807, 2.05) is 25.2 Å². The highest BCUT2D eigenvalue weighted by Gasteiger charge is 2.31. The lowest BCUT2D eigenvalue weighted by Crippen LogP contribution is -2.21. The van der Waals surface area contributed by atoms with Crippen LogP contribution in [0.1, 0.15) is 17.2 Å². The second-order valence-corrected chi connectivity index (χ2v) is 5.32. The SMILES string of the molecule is Cn1ncc2c(N[C@@H]3c4ccccc4C[C@@H]3O)ncnc21. The van der Waals surface area contributed by atoms with E-state index in [1.54, 1.807) is 10.9 Å². The van der Waals surface area contributed by atoms with Crippen LogP contribution in [0.15, 0.2) is 36.8 Å². The third kappa shape index (κ3) is 1.87. The normalized spacial score (nSPS) is 20.7. The van der Waals surface area contributed by atoms with Gasteiger partial charge < -0.3 is 10.4 Å². The molecule has 0 radical (unpaired) electrons. The predicted octanol–water partition coefficient (Wildman–Crippen LogP) is 1.43. The number of benzene rings is 1. The van der Waals surface area contributed by atoms with Crippen LogP contribution in [0.25, 0.3) is 11.0 Å². The molecule has 2 heterocycles. The third-order valence-corrected chi connectivity index (χ3v) is 4.03. The standard InChI is InChI=1S/C15H15N5O/c1-20-15-11(7-18-20)14(16-8-17-15)19-13-10-5-3-2-4-9(10)6-12(13)21/h2-5,7-8,12-13,21H,6H2,1H3,(H,16,17,19)/t12-,13+/m0/s1. The summed E-state index contributed by atoms with van der Waals surface area (Å²) >= 11 is 0. The Bertz CT molecular complexity index is 813. The zero-order valence-corrected chi connectivity index (χ0v) is 11.6. The van der Waals surface area contributed by atoms with Gasteiger partial charge in [-0.15, -0.1) is 0 Å². The zero-order valence-electron chi connectivity index (χ0n) is 11.6. The summed E-state index contributed by atoms with van der Waals surface area (Å²) < 4.78 is 1.71. The number of aliphatic hydroxyl groups excluding tert-OH is 1. The molecule has 21 heavy (non-hydrogen) atoms. The van der Waals surface area contributed by atoms with Gasteiger partial charge in [-0.2, -0.15) is 5.10 Å². The first-order valence-electron chi connectivity index (χ1n) is 6.89. The van der Waals surface area contributed by atoms with Crippen molar-refractivity contribution in [2.24, 2.45) is 7.05 Å². The molecule has 0 spiro atoms. The molecular formula is C15H15N5O. The van der Waals surface area contributed by atoms with Crippen LogP contribution < -0.4 is 5.32 Å². The Balaban J connectivity index is 1.75. The van der Waals surface area contributed by atoms with E-state index in [4.69, 9.17) is 0 Å². The fourth-order valence-electron chi connectivity index (χ4n) is 2.97. The van der Waals surface area contributed by atoms with Gasteiger partial charge in [-0.25, -0.2) is 9.97 Å². The molecule has 0 bridgehead atoms. The topological polar surface area (TPSA) is 75.9 Å². The second kappa shape index (κ2) is 4.53. The summed E-state index contributed by atoms with van der Waals surface area (Å²) in [6.45, 7) is 0. The van der Waals surface area contributed by atoms with Gasteiger partial charge in [0.2, 0.25) is 0 Å². The van der Waals surface area contributed by atoms with Gasteiger partial charge in [0.15, 0.2) is 5.65 Å². The molecule has 3 aromatic rings. The highest BCUT2D eigenvalue weighted by atomic mass is 16.3. The second-order valence-electron chi connectivity index (χ2n) is 5.32. The van der Waals surface area contributed by atoms with Crippen LogP contribution in [0.5, 0.6) is 0 Å². The molecule has 2 atom stereocenters. The molecule has 2 aromatic heterocycles. The van der Waals surface area contributed by atoms with Crippen molar-refractivity contribution < 1.29 is 5.11 Å². The first-order valence-corrected chi connectivity index (χ1v) is 6.89. The van der Waals surface area contributed by atoms with Crippen LogP contribution >= 0.6 is 0 Å². The molecule has 4 rings (SSSR count). The monoisotopic (exact) mass is 281 g/mol. The molecule has 0 fully saturated rings.